The van der Waals surface area contributed by atoms with Crippen LogP contribution in [0.15, 0.2) is 0 Å². The molecule has 0 bridgehead atoms. The summed E-state index contributed by atoms with van der Waals surface area (Å²) in [7, 11) is -4.78. The fourth-order valence-electron chi connectivity index (χ4n) is 0.401. The van der Waals surface area contributed by atoms with Gasteiger partial charge < -0.3 is 18.5 Å². The lowest BCUT2D eigenvalue weighted by Gasteiger charge is -1.97. The summed E-state index contributed by atoms with van der Waals surface area (Å²) in [4.78, 5) is 7.88. The lowest BCUT2D eigenvalue weighted by atomic mass is 10.9. The quantitative estimate of drug-likeness (QED) is 0.722. The molecule has 0 aromatic heterocycles. The number of rotatable bonds is 6. The van der Waals surface area contributed by atoms with E-state index in [1.54, 1.807) is 20.8 Å². The normalized spacial score (nSPS) is 12.1. The first-order valence-corrected chi connectivity index (χ1v) is 6.72. The van der Waals surface area contributed by atoms with E-state index in [4.69, 9.17) is 4.89 Å². The van der Waals surface area contributed by atoms with E-state index in [-0.39, 0.29) is 0 Å². The van der Waals surface area contributed by atoms with Gasteiger partial charge in [-0.2, -0.15) is 0 Å². The Balaban J connectivity index is 0. The zero-order chi connectivity index (χ0) is 11.4. The summed E-state index contributed by atoms with van der Waals surface area (Å²) in [6.45, 7) is 6.45. The third-order valence-corrected chi connectivity index (χ3v) is 2.38. The standard InChI is InChI=1S/C4H11O3P.C2H7O3P/c1-3-6-8(5)7-4-2;1-2-5-6(3)4/h8H,3-4H2,1-2H3;6H,2H2,1H3,(H,3,4). The van der Waals surface area contributed by atoms with Crippen LogP contribution < -0.4 is 0 Å². The van der Waals surface area contributed by atoms with Crippen molar-refractivity contribution in [2.45, 2.75) is 20.8 Å². The maximum atomic E-state index is 10.4. The summed E-state index contributed by atoms with van der Waals surface area (Å²) >= 11 is 0. The highest BCUT2D eigenvalue weighted by Gasteiger charge is 1.91. The van der Waals surface area contributed by atoms with Gasteiger partial charge in [0.1, 0.15) is 0 Å². The molecule has 6 nitrogen and oxygen atoms in total. The largest absolute Gasteiger partial charge is 0.326 e. The minimum atomic E-state index is -2.64. The minimum absolute atomic E-state index is 0.314. The van der Waals surface area contributed by atoms with Crippen LogP contribution in [0.3, 0.4) is 0 Å². The van der Waals surface area contributed by atoms with E-state index >= 15 is 0 Å². The van der Waals surface area contributed by atoms with Crippen LogP contribution in [0.1, 0.15) is 20.8 Å². The van der Waals surface area contributed by atoms with E-state index in [1.165, 1.54) is 0 Å². The Morgan fingerprint density at radius 2 is 1.29 bits per heavy atom. The molecule has 14 heavy (non-hydrogen) atoms. The molecule has 0 saturated heterocycles. The number of hydrogen-bond acceptors (Lipinski definition) is 5. The molecule has 0 fully saturated rings. The third kappa shape index (κ3) is 18.2. The molecule has 0 aliphatic carbocycles. The van der Waals surface area contributed by atoms with Crippen molar-refractivity contribution in [1.82, 2.24) is 0 Å². The summed E-state index contributed by atoms with van der Waals surface area (Å²) in [6, 6.07) is 0. The molecule has 0 aromatic rings. The van der Waals surface area contributed by atoms with Crippen molar-refractivity contribution in [1.29, 1.82) is 0 Å². The van der Waals surface area contributed by atoms with Gasteiger partial charge in [0.15, 0.2) is 0 Å². The molecule has 0 heterocycles. The van der Waals surface area contributed by atoms with Gasteiger partial charge in [-0.3, -0.25) is 9.13 Å². The molecular weight excluding hydrogens is 230 g/mol. The average Bonchev–Trinajstić information content (AvgIpc) is 2.05. The zero-order valence-corrected chi connectivity index (χ0v) is 10.6. The predicted molar refractivity (Wildman–Crippen MR) is 55.1 cm³/mol. The molecule has 0 aromatic carbocycles. The van der Waals surface area contributed by atoms with Crippen LogP contribution >= 0.6 is 16.5 Å². The second kappa shape index (κ2) is 13.3. The predicted octanol–water partition coefficient (Wildman–Crippen LogP) is 1.85. The van der Waals surface area contributed by atoms with Crippen molar-refractivity contribution in [2.75, 3.05) is 19.8 Å². The van der Waals surface area contributed by atoms with Crippen LogP contribution in [0, 0.1) is 0 Å². The van der Waals surface area contributed by atoms with Crippen molar-refractivity contribution >= 4 is 16.5 Å². The van der Waals surface area contributed by atoms with E-state index in [9.17, 15) is 9.13 Å². The van der Waals surface area contributed by atoms with Crippen LogP contribution in [0.4, 0.5) is 0 Å². The summed E-state index contributed by atoms with van der Waals surface area (Å²) in [5.41, 5.74) is 0. The molecule has 0 aliphatic rings. The summed E-state index contributed by atoms with van der Waals surface area (Å²) in [6.07, 6.45) is 0. The van der Waals surface area contributed by atoms with Crippen molar-refractivity contribution in [3.05, 3.63) is 0 Å². The highest BCUT2D eigenvalue weighted by Crippen LogP contribution is 2.21. The molecule has 1 N–H and O–H groups in total. The highest BCUT2D eigenvalue weighted by atomic mass is 31.1. The molecule has 0 aliphatic heterocycles. The summed E-state index contributed by atoms with van der Waals surface area (Å²) in [5.74, 6) is 0. The fraction of sp³-hybridized carbons (Fsp3) is 1.00. The topological polar surface area (TPSA) is 82.1 Å². The fourth-order valence-corrected chi connectivity index (χ4v) is 1.20. The Hall–Kier alpha value is 0.300. The Morgan fingerprint density at radius 1 is 0.929 bits per heavy atom. The molecule has 88 valence electrons. The molecule has 0 amide bonds. The van der Waals surface area contributed by atoms with E-state index in [1.807, 2.05) is 0 Å². The van der Waals surface area contributed by atoms with Crippen LogP contribution in [0.5, 0.6) is 0 Å². The molecular formula is C6H18O6P2. The molecule has 0 radical (unpaired) electrons. The van der Waals surface area contributed by atoms with Crippen molar-refractivity contribution in [3.8, 4) is 0 Å². The Kier molecular flexibility index (Phi) is 15.9. The van der Waals surface area contributed by atoms with Gasteiger partial charge in [-0.25, -0.2) is 0 Å². The lowest BCUT2D eigenvalue weighted by molar-refractivity contribution is 0.243. The SMILES string of the molecule is CCO[PH](=O)O.CCO[PH](=O)OCC. The maximum absolute atomic E-state index is 10.4. The monoisotopic (exact) mass is 248 g/mol. The van der Waals surface area contributed by atoms with E-state index < -0.39 is 16.5 Å². The van der Waals surface area contributed by atoms with Crippen LogP contribution in [-0.4, -0.2) is 24.7 Å². The molecule has 0 spiro atoms. The Morgan fingerprint density at radius 3 is 1.43 bits per heavy atom. The summed E-state index contributed by atoms with van der Waals surface area (Å²) in [5, 5.41) is 0. The molecule has 8 heteroatoms. The first kappa shape index (κ1) is 16.7. The van der Waals surface area contributed by atoms with Crippen molar-refractivity contribution in [3.63, 3.8) is 0 Å². The van der Waals surface area contributed by atoms with Crippen molar-refractivity contribution in [2.24, 2.45) is 0 Å². The molecule has 0 saturated carbocycles. The van der Waals surface area contributed by atoms with E-state index in [2.05, 4.69) is 13.6 Å². The van der Waals surface area contributed by atoms with Gasteiger partial charge in [0.05, 0.1) is 19.8 Å². The molecule has 0 rings (SSSR count). The minimum Gasteiger partial charge on any atom is -0.326 e. The van der Waals surface area contributed by atoms with Gasteiger partial charge in [0.2, 0.25) is 0 Å². The van der Waals surface area contributed by atoms with Gasteiger partial charge in [-0.1, -0.05) is 0 Å². The first-order valence-electron chi connectivity index (χ1n) is 4.23. The van der Waals surface area contributed by atoms with Gasteiger partial charge >= 0.3 is 16.5 Å². The Bertz CT molecular complexity index is 154. The zero-order valence-electron chi connectivity index (χ0n) is 8.61. The van der Waals surface area contributed by atoms with E-state index in [0.29, 0.717) is 19.8 Å². The molecule has 1 unspecified atom stereocenters. The Labute approximate surface area is 85.5 Å². The van der Waals surface area contributed by atoms with E-state index in [0.717, 1.165) is 0 Å². The van der Waals surface area contributed by atoms with Crippen LogP contribution in [0.25, 0.3) is 0 Å². The van der Waals surface area contributed by atoms with Gasteiger partial charge in [0, 0.05) is 0 Å². The second-order valence-corrected chi connectivity index (χ2v) is 3.71. The van der Waals surface area contributed by atoms with Gasteiger partial charge in [-0.15, -0.1) is 0 Å². The average molecular weight is 248 g/mol. The number of hydrogen-bond donors (Lipinski definition) is 1. The highest BCUT2D eigenvalue weighted by molar-refractivity contribution is 7.33. The first-order chi connectivity index (χ1) is 6.58. The smallest absolute Gasteiger partial charge is 0.319 e. The lowest BCUT2D eigenvalue weighted by Crippen LogP contribution is -1.81. The molecule has 1 atom stereocenters. The van der Waals surface area contributed by atoms with Crippen LogP contribution in [-0.2, 0) is 22.7 Å². The summed E-state index contributed by atoms with van der Waals surface area (Å²) < 4.78 is 33.3. The third-order valence-electron chi connectivity index (χ3n) is 0.792. The maximum Gasteiger partial charge on any atom is 0.319 e. The second-order valence-electron chi connectivity index (χ2n) is 1.81. The van der Waals surface area contributed by atoms with Gasteiger partial charge in [-0.05, 0) is 20.8 Å². The van der Waals surface area contributed by atoms with Crippen molar-refractivity contribution < 1.29 is 27.6 Å². The van der Waals surface area contributed by atoms with Crippen LogP contribution in [0.2, 0.25) is 0 Å². The van der Waals surface area contributed by atoms with Gasteiger partial charge in [0.25, 0.3) is 0 Å².